The first kappa shape index (κ1) is 14.0. The summed E-state index contributed by atoms with van der Waals surface area (Å²) in [5, 5.41) is 3.47. The predicted molar refractivity (Wildman–Crippen MR) is 88.2 cm³/mol. The Labute approximate surface area is 126 Å². The first-order valence-corrected chi connectivity index (χ1v) is 7.38. The highest BCUT2D eigenvalue weighted by Crippen LogP contribution is 2.34. The summed E-state index contributed by atoms with van der Waals surface area (Å²) >= 11 is 0. The summed E-state index contributed by atoms with van der Waals surface area (Å²) in [6.45, 7) is 1.93. The minimum atomic E-state index is 0.914. The number of fused-ring (bicyclic) bond motifs is 1. The van der Waals surface area contributed by atoms with E-state index in [1.807, 2.05) is 0 Å². The fourth-order valence-corrected chi connectivity index (χ4v) is 2.98. The number of rotatable bonds is 3. The fourth-order valence-electron chi connectivity index (χ4n) is 2.98. The van der Waals surface area contributed by atoms with Crippen molar-refractivity contribution in [3.63, 3.8) is 0 Å². The van der Waals surface area contributed by atoms with E-state index in [9.17, 15) is 0 Å². The molecule has 0 saturated carbocycles. The second kappa shape index (κ2) is 5.78. The second-order valence-corrected chi connectivity index (χ2v) is 5.64. The summed E-state index contributed by atoms with van der Waals surface area (Å²) in [7, 11) is 5.88. The Hall–Kier alpha value is -2.00. The van der Waals surface area contributed by atoms with E-state index in [4.69, 9.17) is 4.74 Å². The molecule has 110 valence electrons. The molecule has 0 amide bonds. The summed E-state index contributed by atoms with van der Waals surface area (Å²) in [5.74, 6) is 1.01. The van der Waals surface area contributed by atoms with Gasteiger partial charge < -0.3 is 15.0 Å². The number of anilines is 1. The van der Waals surface area contributed by atoms with Gasteiger partial charge >= 0.3 is 0 Å². The smallest absolute Gasteiger partial charge is 0.122 e. The van der Waals surface area contributed by atoms with Crippen LogP contribution in [0.25, 0.3) is 11.1 Å². The summed E-state index contributed by atoms with van der Waals surface area (Å²) in [6.07, 6.45) is 1.03. The van der Waals surface area contributed by atoms with Crippen LogP contribution in [0.4, 0.5) is 5.69 Å². The van der Waals surface area contributed by atoms with Gasteiger partial charge in [-0.2, -0.15) is 0 Å². The molecule has 1 aliphatic heterocycles. The van der Waals surface area contributed by atoms with Crippen LogP contribution in [0.5, 0.6) is 5.75 Å². The van der Waals surface area contributed by atoms with E-state index in [1.54, 1.807) is 7.11 Å². The van der Waals surface area contributed by atoms with Crippen LogP contribution in [0.3, 0.4) is 0 Å². The highest BCUT2D eigenvalue weighted by atomic mass is 16.5. The molecule has 0 atom stereocenters. The van der Waals surface area contributed by atoms with Gasteiger partial charge in [0.05, 0.1) is 7.11 Å². The van der Waals surface area contributed by atoms with Crippen LogP contribution in [0.2, 0.25) is 0 Å². The van der Waals surface area contributed by atoms with Crippen molar-refractivity contribution in [2.45, 2.75) is 13.0 Å². The van der Waals surface area contributed by atoms with Crippen molar-refractivity contribution in [1.29, 1.82) is 0 Å². The van der Waals surface area contributed by atoms with Crippen LogP contribution < -0.4 is 15.0 Å². The zero-order valence-corrected chi connectivity index (χ0v) is 12.9. The molecule has 1 heterocycles. The maximum atomic E-state index is 5.52. The third-order valence-electron chi connectivity index (χ3n) is 4.16. The Balaban J connectivity index is 2.06. The lowest BCUT2D eigenvalue weighted by molar-refractivity contribution is 0.406. The zero-order chi connectivity index (χ0) is 14.8. The van der Waals surface area contributed by atoms with Crippen molar-refractivity contribution >= 4 is 5.69 Å². The first-order valence-electron chi connectivity index (χ1n) is 7.38. The Kier molecular flexibility index (Phi) is 3.84. The van der Waals surface area contributed by atoms with Gasteiger partial charge in [-0.1, -0.05) is 18.2 Å². The van der Waals surface area contributed by atoms with Crippen LogP contribution in [-0.4, -0.2) is 27.7 Å². The normalized spacial score (nSPS) is 13.7. The molecule has 0 fully saturated rings. The third-order valence-corrected chi connectivity index (χ3v) is 4.16. The molecule has 1 aliphatic rings. The van der Waals surface area contributed by atoms with Gasteiger partial charge in [-0.05, 0) is 47.9 Å². The van der Waals surface area contributed by atoms with Crippen molar-refractivity contribution in [1.82, 2.24) is 5.32 Å². The van der Waals surface area contributed by atoms with Gasteiger partial charge in [-0.3, -0.25) is 0 Å². The molecule has 3 nitrogen and oxygen atoms in total. The van der Waals surface area contributed by atoms with E-state index < -0.39 is 0 Å². The maximum absolute atomic E-state index is 5.52. The van der Waals surface area contributed by atoms with E-state index >= 15 is 0 Å². The van der Waals surface area contributed by atoms with E-state index in [2.05, 4.69) is 60.7 Å². The lowest BCUT2D eigenvalue weighted by Crippen LogP contribution is -2.24. The summed E-state index contributed by atoms with van der Waals surface area (Å²) in [4.78, 5) is 2.12. The number of nitrogens with zero attached hydrogens (tertiary/aromatic N) is 1. The van der Waals surface area contributed by atoms with E-state index in [0.29, 0.717) is 0 Å². The Morgan fingerprint density at radius 1 is 1.00 bits per heavy atom. The number of hydrogen-bond donors (Lipinski definition) is 1. The van der Waals surface area contributed by atoms with Crippen LogP contribution in [-0.2, 0) is 13.0 Å². The molecule has 21 heavy (non-hydrogen) atoms. The number of nitrogens with one attached hydrogen (secondary N) is 1. The van der Waals surface area contributed by atoms with E-state index in [1.165, 1.54) is 27.9 Å². The lowest BCUT2D eigenvalue weighted by atomic mass is 9.91. The molecular weight excluding hydrogens is 260 g/mol. The summed E-state index contributed by atoms with van der Waals surface area (Å²) < 4.78 is 5.52. The highest BCUT2D eigenvalue weighted by Gasteiger charge is 2.18. The summed E-state index contributed by atoms with van der Waals surface area (Å²) in [5.41, 5.74) is 6.52. The molecule has 0 aromatic heterocycles. The third kappa shape index (κ3) is 2.61. The quantitative estimate of drug-likeness (QED) is 0.936. The van der Waals surface area contributed by atoms with Crippen molar-refractivity contribution in [2.75, 3.05) is 32.6 Å². The van der Waals surface area contributed by atoms with Gasteiger partial charge in [0, 0.05) is 31.9 Å². The van der Waals surface area contributed by atoms with Gasteiger partial charge in [-0.25, -0.2) is 0 Å². The standard InChI is InChI=1S/C18H22N2O/c1-20(2)14-6-4-13(5-7-14)15-8-9-18(21-3)16-10-11-19-12-17(15)16/h4-9,19H,10-12H2,1-3H3. The van der Waals surface area contributed by atoms with Crippen molar-refractivity contribution in [3.05, 3.63) is 47.5 Å². The molecule has 3 rings (SSSR count). The molecule has 0 radical (unpaired) electrons. The first-order chi connectivity index (χ1) is 10.2. The minimum Gasteiger partial charge on any atom is -0.496 e. The largest absolute Gasteiger partial charge is 0.496 e. The lowest BCUT2D eigenvalue weighted by Gasteiger charge is -2.23. The number of benzene rings is 2. The van der Waals surface area contributed by atoms with Gasteiger partial charge in [-0.15, -0.1) is 0 Å². The van der Waals surface area contributed by atoms with Crippen molar-refractivity contribution in [2.24, 2.45) is 0 Å². The SMILES string of the molecule is COc1ccc(-c2ccc(N(C)C)cc2)c2c1CCNC2. The molecule has 0 unspecified atom stereocenters. The van der Waals surface area contributed by atoms with Crippen LogP contribution >= 0.6 is 0 Å². The second-order valence-electron chi connectivity index (χ2n) is 5.64. The highest BCUT2D eigenvalue weighted by molar-refractivity contribution is 5.72. The van der Waals surface area contributed by atoms with Gasteiger partial charge in [0.25, 0.3) is 0 Å². The number of ether oxygens (including phenoxy) is 1. The summed E-state index contributed by atoms with van der Waals surface area (Å²) in [6, 6.07) is 13.0. The van der Waals surface area contributed by atoms with Crippen molar-refractivity contribution < 1.29 is 4.74 Å². The molecule has 0 aliphatic carbocycles. The van der Waals surface area contributed by atoms with E-state index in [-0.39, 0.29) is 0 Å². The molecule has 1 N–H and O–H groups in total. The maximum Gasteiger partial charge on any atom is 0.122 e. The fraction of sp³-hybridized carbons (Fsp3) is 0.333. The van der Waals surface area contributed by atoms with Crippen LogP contribution in [0.15, 0.2) is 36.4 Å². The molecular formula is C18H22N2O. The van der Waals surface area contributed by atoms with Crippen molar-refractivity contribution in [3.8, 4) is 16.9 Å². The van der Waals surface area contributed by atoms with Crippen LogP contribution in [0, 0.1) is 0 Å². The van der Waals surface area contributed by atoms with Gasteiger partial charge in [0.1, 0.15) is 5.75 Å². The van der Waals surface area contributed by atoms with E-state index in [0.717, 1.165) is 25.3 Å². The van der Waals surface area contributed by atoms with Gasteiger partial charge in [0.2, 0.25) is 0 Å². The number of methoxy groups -OCH3 is 1. The Morgan fingerprint density at radius 2 is 1.76 bits per heavy atom. The molecule has 2 aromatic carbocycles. The van der Waals surface area contributed by atoms with Gasteiger partial charge in [0.15, 0.2) is 0 Å². The average molecular weight is 282 g/mol. The number of hydrogen-bond acceptors (Lipinski definition) is 3. The topological polar surface area (TPSA) is 24.5 Å². The monoisotopic (exact) mass is 282 g/mol. The molecule has 0 bridgehead atoms. The average Bonchev–Trinajstić information content (AvgIpc) is 2.54. The molecule has 3 heteroatoms. The Bertz CT molecular complexity index is 632. The molecule has 2 aromatic rings. The van der Waals surface area contributed by atoms with Crippen LogP contribution in [0.1, 0.15) is 11.1 Å². The molecule has 0 saturated heterocycles. The predicted octanol–water partition coefficient (Wildman–Crippen LogP) is 3.07. The molecule has 0 spiro atoms. The minimum absolute atomic E-state index is 0.914. The zero-order valence-electron chi connectivity index (χ0n) is 12.9. The Morgan fingerprint density at radius 3 is 2.43 bits per heavy atom.